The number of aldehydes is 1. The third-order valence-corrected chi connectivity index (χ3v) is 3.64. The van der Waals surface area contributed by atoms with Gasteiger partial charge in [0.25, 0.3) is 0 Å². The van der Waals surface area contributed by atoms with Crippen LogP contribution in [0.25, 0.3) is 0 Å². The molecule has 0 saturated heterocycles. The molecule has 0 saturated carbocycles. The Bertz CT molecular complexity index is 793. The fourth-order valence-electron chi connectivity index (χ4n) is 1.89. The first-order chi connectivity index (χ1) is 11.2. The molecule has 2 aromatic rings. The average molecular weight is 357 g/mol. The van der Waals surface area contributed by atoms with Gasteiger partial charge in [0.05, 0.1) is 4.92 Å². The summed E-state index contributed by atoms with van der Waals surface area (Å²) >= 11 is -0.260. The van der Waals surface area contributed by atoms with Crippen molar-refractivity contribution in [2.45, 2.75) is 17.3 Å². The summed E-state index contributed by atoms with van der Waals surface area (Å²) in [7, 11) is 0. The second-order valence-corrected chi connectivity index (χ2v) is 5.82. The molecule has 2 rings (SSSR count). The molecule has 0 N–H and O–H groups in total. The van der Waals surface area contributed by atoms with Crippen LogP contribution in [0.5, 0.6) is 11.5 Å². The lowest BCUT2D eigenvalue weighted by molar-refractivity contribution is -0.385. The molecular formula is C15H10F3NO4S. The van der Waals surface area contributed by atoms with Gasteiger partial charge in [-0.25, -0.2) is 0 Å². The van der Waals surface area contributed by atoms with E-state index in [0.717, 1.165) is 6.07 Å². The first-order valence-corrected chi connectivity index (χ1v) is 7.29. The van der Waals surface area contributed by atoms with Gasteiger partial charge in [0, 0.05) is 16.5 Å². The molecule has 0 spiro atoms. The Kier molecular flexibility index (Phi) is 5.13. The molecule has 0 fully saturated rings. The van der Waals surface area contributed by atoms with Gasteiger partial charge in [-0.05, 0) is 54.6 Å². The number of nitro groups is 1. The third kappa shape index (κ3) is 4.48. The van der Waals surface area contributed by atoms with Crippen molar-refractivity contribution in [3.8, 4) is 11.5 Å². The zero-order valence-corrected chi connectivity index (χ0v) is 13.0. The molecule has 126 valence electrons. The lowest BCUT2D eigenvalue weighted by atomic mass is 10.2. The van der Waals surface area contributed by atoms with E-state index in [1.807, 2.05) is 0 Å². The highest BCUT2D eigenvalue weighted by Gasteiger charge is 2.29. The number of aryl methyl sites for hydroxylation is 1. The summed E-state index contributed by atoms with van der Waals surface area (Å²) in [5.74, 6) is 0.0772. The van der Waals surface area contributed by atoms with Crippen molar-refractivity contribution in [1.82, 2.24) is 0 Å². The zero-order chi connectivity index (χ0) is 17.9. The quantitative estimate of drug-likeness (QED) is 0.321. The summed E-state index contributed by atoms with van der Waals surface area (Å²) in [6, 6.07) is 7.47. The van der Waals surface area contributed by atoms with E-state index >= 15 is 0 Å². The fourth-order valence-corrected chi connectivity index (χ4v) is 2.53. The summed E-state index contributed by atoms with van der Waals surface area (Å²) in [5, 5.41) is 11.1. The molecule has 0 atom stereocenters. The molecule has 0 amide bonds. The maximum absolute atomic E-state index is 12.4. The van der Waals surface area contributed by atoms with Crippen LogP contribution in [-0.2, 0) is 0 Å². The predicted octanol–water partition coefficient (Wildman–Crippen LogP) is 5.12. The van der Waals surface area contributed by atoms with Crippen LogP contribution < -0.4 is 4.74 Å². The number of benzene rings is 2. The van der Waals surface area contributed by atoms with Gasteiger partial charge < -0.3 is 4.74 Å². The summed E-state index contributed by atoms with van der Waals surface area (Å²) in [6.07, 6.45) is 0.463. The highest BCUT2D eigenvalue weighted by Crippen LogP contribution is 2.39. The SMILES string of the molecule is Cc1cc(SC(F)(F)F)ccc1Oc1ccc(C=O)cc1[N+](=O)[O-]. The lowest BCUT2D eigenvalue weighted by Gasteiger charge is -2.11. The van der Waals surface area contributed by atoms with Crippen LogP contribution in [0.15, 0.2) is 41.3 Å². The largest absolute Gasteiger partial charge is 0.450 e. The van der Waals surface area contributed by atoms with Crippen molar-refractivity contribution in [2.75, 3.05) is 0 Å². The van der Waals surface area contributed by atoms with Crippen LogP contribution in [0, 0.1) is 17.0 Å². The van der Waals surface area contributed by atoms with Gasteiger partial charge in [-0.15, -0.1) is 0 Å². The van der Waals surface area contributed by atoms with E-state index in [0.29, 0.717) is 11.8 Å². The Morgan fingerprint density at radius 1 is 1.17 bits per heavy atom. The first-order valence-electron chi connectivity index (χ1n) is 6.47. The number of rotatable bonds is 5. The number of nitrogens with zero attached hydrogens (tertiary/aromatic N) is 1. The number of nitro benzene ring substituents is 1. The molecule has 0 aliphatic rings. The Morgan fingerprint density at radius 2 is 1.83 bits per heavy atom. The normalized spacial score (nSPS) is 11.2. The second kappa shape index (κ2) is 6.91. The fraction of sp³-hybridized carbons (Fsp3) is 0.133. The van der Waals surface area contributed by atoms with Gasteiger partial charge in [0.15, 0.2) is 0 Å². The van der Waals surface area contributed by atoms with Crippen LogP contribution in [0.3, 0.4) is 0 Å². The molecule has 0 heterocycles. The highest BCUT2D eigenvalue weighted by molar-refractivity contribution is 8.00. The first kappa shape index (κ1) is 17.8. The molecule has 0 bridgehead atoms. The zero-order valence-electron chi connectivity index (χ0n) is 12.2. The average Bonchev–Trinajstić information content (AvgIpc) is 2.48. The molecule has 0 aliphatic carbocycles. The van der Waals surface area contributed by atoms with Crippen molar-refractivity contribution in [3.63, 3.8) is 0 Å². The monoisotopic (exact) mass is 357 g/mol. The van der Waals surface area contributed by atoms with Crippen molar-refractivity contribution < 1.29 is 27.6 Å². The minimum absolute atomic E-state index is 0.0156. The molecule has 9 heteroatoms. The van der Waals surface area contributed by atoms with Crippen LogP contribution in [0.4, 0.5) is 18.9 Å². The Balaban J connectivity index is 2.31. The van der Waals surface area contributed by atoms with E-state index in [1.54, 1.807) is 0 Å². The van der Waals surface area contributed by atoms with Gasteiger partial charge in [-0.1, -0.05) is 0 Å². The highest BCUT2D eigenvalue weighted by atomic mass is 32.2. The summed E-state index contributed by atoms with van der Waals surface area (Å²) in [4.78, 5) is 21.0. The predicted molar refractivity (Wildman–Crippen MR) is 81.6 cm³/mol. The molecule has 2 aromatic carbocycles. The number of thioether (sulfide) groups is 1. The Labute approximate surface area is 138 Å². The molecular weight excluding hydrogens is 347 g/mol. The van der Waals surface area contributed by atoms with Gasteiger partial charge in [-0.2, -0.15) is 13.2 Å². The van der Waals surface area contributed by atoms with E-state index in [9.17, 15) is 28.1 Å². The van der Waals surface area contributed by atoms with Crippen LogP contribution in [-0.4, -0.2) is 16.7 Å². The van der Waals surface area contributed by atoms with E-state index in [1.165, 1.54) is 37.3 Å². The van der Waals surface area contributed by atoms with Gasteiger partial charge >= 0.3 is 11.2 Å². The number of hydrogen-bond acceptors (Lipinski definition) is 5. The standard InChI is InChI=1S/C15H10F3NO4S/c1-9-6-11(24-15(16,17)18)3-5-13(9)23-14-4-2-10(8-20)7-12(14)19(21)22/h2-8H,1H3. The van der Waals surface area contributed by atoms with E-state index in [2.05, 4.69) is 0 Å². The van der Waals surface area contributed by atoms with Gasteiger partial charge in [0.1, 0.15) is 12.0 Å². The number of carbonyl (C=O) groups is 1. The number of ether oxygens (including phenoxy) is 1. The lowest BCUT2D eigenvalue weighted by Crippen LogP contribution is -1.99. The minimum Gasteiger partial charge on any atom is -0.450 e. The van der Waals surface area contributed by atoms with Crippen LogP contribution in [0.2, 0.25) is 0 Å². The van der Waals surface area contributed by atoms with Crippen molar-refractivity contribution in [2.24, 2.45) is 0 Å². The van der Waals surface area contributed by atoms with Crippen molar-refractivity contribution in [1.29, 1.82) is 0 Å². The maximum atomic E-state index is 12.4. The summed E-state index contributed by atoms with van der Waals surface area (Å²) in [5.41, 5.74) is -4.31. The number of carbonyl (C=O) groups excluding carboxylic acids is 1. The topological polar surface area (TPSA) is 69.4 Å². The molecule has 0 unspecified atom stereocenters. The van der Waals surface area contributed by atoms with Gasteiger partial charge in [0.2, 0.25) is 5.75 Å². The Hall–Kier alpha value is -2.55. The van der Waals surface area contributed by atoms with E-state index in [4.69, 9.17) is 4.74 Å². The molecule has 24 heavy (non-hydrogen) atoms. The van der Waals surface area contributed by atoms with Crippen molar-refractivity contribution >= 4 is 23.7 Å². The van der Waals surface area contributed by atoms with Crippen LogP contribution in [0.1, 0.15) is 15.9 Å². The third-order valence-electron chi connectivity index (χ3n) is 2.92. The Morgan fingerprint density at radius 3 is 2.38 bits per heavy atom. The second-order valence-electron chi connectivity index (χ2n) is 4.68. The molecule has 0 radical (unpaired) electrons. The molecule has 0 aromatic heterocycles. The van der Waals surface area contributed by atoms with Crippen molar-refractivity contribution in [3.05, 3.63) is 57.6 Å². The smallest absolute Gasteiger partial charge is 0.446 e. The minimum atomic E-state index is -4.40. The van der Waals surface area contributed by atoms with Crippen LogP contribution >= 0.6 is 11.8 Å². The number of alkyl halides is 3. The maximum Gasteiger partial charge on any atom is 0.446 e. The number of halogens is 3. The molecule has 5 nitrogen and oxygen atoms in total. The summed E-state index contributed by atoms with van der Waals surface area (Å²) < 4.78 is 42.5. The van der Waals surface area contributed by atoms with E-state index < -0.39 is 16.1 Å². The molecule has 0 aliphatic heterocycles. The van der Waals surface area contributed by atoms with E-state index in [-0.39, 0.29) is 33.7 Å². The summed E-state index contributed by atoms with van der Waals surface area (Å²) in [6.45, 7) is 1.53. The number of hydrogen-bond donors (Lipinski definition) is 0. The van der Waals surface area contributed by atoms with Gasteiger partial charge in [-0.3, -0.25) is 14.9 Å².